The number of carbonyl (C=O) groups excluding carboxylic acids is 2. The number of hydrogen-bond acceptors (Lipinski definition) is 3. The van der Waals surface area contributed by atoms with Crippen molar-refractivity contribution in [3.8, 4) is 0 Å². The van der Waals surface area contributed by atoms with Gasteiger partial charge in [-0.2, -0.15) is 0 Å². The molecule has 0 heterocycles. The van der Waals surface area contributed by atoms with Gasteiger partial charge in [0.2, 0.25) is 5.91 Å². The number of carbonyl (C=O) groups is 2. The Kier molecular flexibility index (Phi) is 7.19. The summed E-state index contributed by atoms with van der Waals surface area (Å²) in [6.45, 7) is 5.06. The fourth-order valence-electron chi connectivity index (χ4n) is 2.64. The zero-order valence-corrected chi connectivity index (χ0v) is 17.4. The minimum Gasteiger partial charge on any atom is -0.444 e. The number of nitrogens with zero attached hydrogens (tertiary/aromatic N) is 1. The molecule has 2 amide bonds. The first-order valence-corrected chi connectivity index (χ1v) is 9.30. The van der Waals surface area contributed by atoms with Crippen molar-refractivity contribution in [3.63, 3.8) is 0 Å². The highest BCUT2D eigenvalue weighted by Crippen LogP contribution is 2.19. The van der Waals surface area contributed by atoms with Gasteiger partial charge in [-0.05, 0) is 62.7 Å². The van der Waals surface area contributed by atoms with E-state index < -0.39 is 35.3 Å². The third-order valence-corrected chi connectivity index (χ3v) is 4.15. The predicted molar refractivity (Wildman–Crippen MR) is 108 cm³/mol. The summed E-state index contributed by atoms with van der Waals surface area (Å²) < 4.78 is 32.4. The molecule has 2 aromatic rings. The molecule has 0 aliphatic rings. The topological polar surface area (TPSA) is 58.6 Å². The number of halogens is 3. The van der Waals surface area contributed by atoms with Gasteiger partial charge in [-0.1, -0.05) is 11.6 Å². The third kappa shape index (κ3) is 7.02. The molecule has 1 N–H and O–H groups in total. The quantitative estimate of drug-likeness (QED) is 0.755. The van der Waals surface area contributed by atoms with E-state index in [4.69, 9.17) is 16.3 Å². The first kappa shape index (κ1) is 22.6. The molecule has 0 spiro atoms. The average molecular weight is 425 g/mol. The van der Waals surface area contributed by atoms with Crippen molar-refractivity contribution in [2.24, 2.45) is 0 Å². The summed E-state index contributed by atoms with van der Waals surface area (Å²) in [4.78, 5) is 26.6. The number of likely N-dealkylation sites (N-methyl/N-ethyl adjacent to an activating group) is 1. The van der Waals surface area contributed by atoms with Crippen molar-refractivity contribution in [1.29, 1.82) is 0 Å². The monoisotopic (exact) mass is 424 g/mol. The van der Waals surface area contributed by atoms with E-state index in [2.05, 4.69) is 5.32 Å². The lowest BCUT2D eigenvalue weighted by molar-refractivity contribution is -0.120. The molecule has 2 rings (SSSR count). The van der Waals surface area contributed by atoms with Gasteiger partial charge >= 0.3 is 6.09 Å². The molecule has 156 valence electrons. The molecule has 0 radical (unpaired) electrons. The van der Waals surface area contributed by atoms with E-state index in [1.54, 1.807) is 45.0 Å². The summed E-state index contributed by atoms with van der Waals surface area (Å²) in [6, 6.07) is 8.40. The zero-order chi connectivity index (χ0) is 21.8. The number of hydrogen-bond donors (Lipinski definition) is 1. The molecule has 8 heteroatoms. The van der Waals surface area contributed by atoms with Crippen molar-refractivity contribution >= 4 is 29.3 Å². The van der Waals surface area contributed by atoms with Gasteiger partial charge in [-0.3, -0.25) is 4.79 Å². The van der Waals surface area contributed by atoms with Crippen molar-refractivity contribution in [2.75, 3.05) is 11.9 Å². The number of nitrogens with one attached hydrogen (secondary N) is 1. The van der Waals surface area contributed by atoms with Crippen LogP contribution in [0.3, 0.4) is 0 Å². The molecular weight excluding hydrogens is 402 g/mol. The second-order valence-corrected chi connectivity index (χ2v) is 7.99. The average Bonchev–Trinajstić information content (AvgIpc) is 2.58. The Hall–Kier alpha value is -2.67. The van der Waals surface area contributed by atoms with E-state index in [0.29, 0.717) is 10.7 Å². The number of anilines is 1. The van der Waals surface area contributed by atoms with E-state index in [1.807, 2.05) is 0 Å². The first-order chi connectivity index (χ1) is 13.4. The lowest BCUT2D eigenvalue weighted by Gasteiger charge is -2.26. The summed E-state index contributed by atoms with van der Waals surface area (Å²) >= 11 is 5.88. The van der Waals surface area contributed by atoms with Crippen LogP contribution in [0.15, 0.2) is 42.5 Å². The van der Waals surface area contributed by atoms with Crippen LogP contribution in [0, 0.1) is 11.6 Å². The summed E-state index contributed by atoms with van der Waals surface area (Å²) in [5, 5.41) is 3.01. The molecule has 0 aliphatic carbocycles. The van der Waals surface area contributed by atoms with Crippen LogP contribution in [0.1, 0.15) is 26.3 Å². The normalized spacial score (nSPS) is 12.2. The Morgan fingerprint density at radius 1 is 1.10 bits per heavy atom. The van der Waals surface area contributed by atoms with Crippen molar-refractivity contribution < 1.29 is 23.1 Å². The second-order valence-electron chi connectivity index (χ2n) is 7.55. The van der Waals surface area contributed by atoms with Gasteiger partial charge in [-0.15, -0.1) is 0 Å². The van der Waals surface area contributed by atoms with E-state index >= 15 is 0 Å². The van der Waals surface area contributed by atoms with Crippen LogP contribution in [0.4, 0.5) is 19.3 Å². The van der Waals surface area contributed by atoms with E-state index in [1.165, 1.54) is 11.9 Å². The van der Waals surface area contributed by atoms with Crippen molar-refractivity contribution in [2.45, 2.75) is 38.8 Å². The van der Waals surface area contributed by atoms with Crippen molar-refractivity contribution in [1.82, 2.24) is 5.32 Å². The summed E-state index contributed by atoms with van der Waals surface area (Å²) in [5.41, 5.74) is -0.00714. The van der Waals surface area contributed by atoms with Crippen LogP contribution < -0.4 is 10.2 Å². The summed E-state index contributed by atoms with van der Waals surface area (Å²) in [5.74, 6) is -2.02. The number of ether oxygens (including phenoxy) is 1. The van der Waals surface area contributed by atoms with E-state index in [0.717, 1.165) is 18.2 Å². The Morgan fingerprint density at radius 2 is 1.66 bits per heavy atom. The van der Waals surface area contributed by atoms with E-state index in [9.17, 15) is 18.4 Å². The lowest BCUT2D eigenvalue weighted by atomic mass is 10.0. The molecule has 0 saturated carbocycles. The van der Waals surface area contributed by atoms with E-state index in [-0.39, 0.29) is 12.0 Å². The summed E-state index contributed by atoms with van der Waals surface area (Å²) in [7, 11) is 1.53. The Morgan fingerprint density at radius 3 is 2.17 bits per heavy atom. The maximum atomic E-state index is 13.6. The molecule has 2 aromatic carbocycles. The van der Waals surface area contributed by atoms with Crippen molar-refractivity contribution in [3.05, 3.63) is 64.7 Å². The van der Waals surface area contributed by atoms with Crippen LogP contribution in [0.2, 0.25) is 5.02 Å². The number of amides is 2. The molecule has 1 unspecified atom stereocenters. The predicted octanol–water partition coefficient (Wildman–Crippen LogP) is 4.72. The van der Waals surface area contributed by atoms with Gasteiger partial charge in [-0.25, -0.2) is 13.6 Å². The van der Waals surface area contributed by atoms with Gasteiger partial charge in [0.1, 0.15) is 23.3 Å². The molecule has 5 nitrogen and oxygen atoms in total. The highest BCUT2D eigenvalue weighted by molar-refractivity contribution is 6.30. The van der Waals surface area contributed by atoms with Crippen LogP contribution in [-0.4, -0.2) is 30.7 Å². The van der Waals surface area contributed by atoms with Gasteiger partial charge in [0.05, 0.1) is 0 Å². The van der Waals surface area contributed by atoms with Crippen LogP contribution in [0.5, 0.6) is 0 Å². The van der Waals surface area contributed by atoms with Gasteiger partial charge in [0.25, 0.3) is 0 Å². The Balaban J connectivity index is 2.27. The largest absolute Gasteiger partial charge is 0.444 e. The van der Waals surface area contributed by atoms with Gasteiger partial charge in [0, 0.05) is 30.2 Å². The molecule has 29 heavy (non-hydrogen) atoms. The SMILES string of the molecule is CN(C(=O)C(Cc1cc(F)cc(F)c1)NC(=O)OC(C)(C)C)c1ccc(Cl)cc1. The van der Waals surface area contributed by atoms with Gasteiger partial charge in [0.15, 0.2) is 0 Å². The Bertz CT molecular complexity index is 862. The highest BCUT2D eigenvalue weighted by Gasteiger charge is 2.28. The zero-order valence-electron chi connectivity index (χ0n) is 16.6. The third-order valence-electron chi connectivity index (χ3n) is 3.90. The Labute approximate surface area is 173 Å². The maximum Gasteiger partial charge on any atom is 0.408 e. The molecule has 0 fully saturated rings. The molecular formula is C21H23ClF2N2O3. The molecule has 0 saturated heterocycles. The fraction of sp³-hybridized carbons (Fsp3) is 0.333. The number of benzene rings is 2. The molecule has 0 bridgehead atoms. The smallest absolute Gasteiger partial charge is 0.408 e. The minimum atomic E-state index is -1.10. The lowest BCUT2D eigenvalue weighted by Crippen LogP contribution is -2.50. The maximum absolute atomic E-state index is 13.6. The van der Waals surface area contributed by atoms with Crippen LogP contribution in [-0.2, 0) is 16.0 Å². The summed E-state index contributed by atoms with van der Waals surface area (Å²) in [6.07, 6.45) is -0.928. The first-order valence-electron chi connectivity index (χ1n) is 8.92. The van der Waals surface area contributed by atoms with Crippen LogP contribution >= 0.6 is 11.6 Å². The highest BCUT2D eigenvalue weighted by atomic mass is 35.5. The second kappa shape index (κ2) is 9.22. The molecule has 1 atom stereocenters. The molecule has 0 aromatic heterocycles. The van der Waals surface area contributed by atoms with Gasteiger partial charge < -0.3 is 15.0 Å². The molecule has 0 aliphatic heterocycles. The minimum absolute atomic E-state index is 0.120. The number of alkyl carbamates (subject to hydrolysis) is 1. The fourth-order valence-corrected chi connectivity index (χ4v) is 2.77. The standard InChI is InChI=1S/C21H23ClF2N2O3/c1-21(2,3)29-20(28)25-18(11-13-9-15(23)12-16(24)10-13)19(27)26(4)17-7-5-14(22)6-8-17/h5-10,12,18H,11H2,1-4H3,(H,25,28). The number of rotatable bonds is 5. The van der Waals surface area contributed by atoms with Crippen LogP contribution in [0.25, 0.3) is 0 Å².